The molecular formula is C13H15N3O3S. The summed E-state index contributed by atoms with van der Waals surface area (Å²) >= 11 is 1.48. The SMILES string of the molecule is CC(C(=O)O)N(C)C(=O)c1cn(C)nc1-c1cccs1. The van der Waals surface area contributed by atoms with Gasteiger partial charge in [-0.2, -0.15) is 5.10 Å². The molecule has 0 saturated heterocycles. The fourth-order valence-corrected chi connectivity index (χ4v) is 2.50. The molecule has 0 radical (unpaired) electrons. The topological polar surface area (TPSA) is 75.4 Å². The molecule has 0 aromatic carbocycles. The van der Waals surface area contributed by atoms with Crippen molar-refractivity contribution in [3.63, 3.8) is 0 Å². The lowest BCUT2D eigenvalue weighted by atomic mass is 10.1. The van der Waals surface area contributed by atoms with E-state index in [1.54, 1.807) is 17.9 Å². The van der Waals surface area contributed by atoms with Crippen LogP contribution in [-0.4, -0.2) is 44.8 Å². The number of rotatable bonds is 4. The highest BCUT2D eigenvalue weighted by molar-refractivity contribution is 7.13. The third-order valence-electron chi connectivity index (χ3n) is 3.07. The van der Waals surface area contributed by atoms with Gasteiger partial charge < -0.3 is 10.0 Å². The Labute approximate surface area is 120 Å². The van der Waals surface area contributed by atoms with E-state index in [1.807, 2.05) is 17.5 Å². The van der Waals surface area contributed by atoms with Gasteiger partial charge in [-0.15, -0.1) is 11.3 Å². The summed E-state index contributed by atoms with van der Waals surface area (Å²) in [6, 6.07) is 2.87. The number of carbonyl (C=O) groups is 2. The van der Waals surface area contributed by atoms with Crippen molar-refractivity contribution in [1.82, 2.24) is 14.7 Å². The van der Waals surface area contributed by atoms with Crippen LogP contribution in [0.3, 0.4) is 0 Å². The van der Waals surface area contributed by atoms with Gasteiger partial charge in [-0.3, -0.25) is 9.48 Å². The standard InChI is InChI=1S/C13H15N3O3S/c1-8(13(18)19)16(3)12(17)9-7-15(2)14-11(9)10-5-4-6-20-10/h4-8H,1-3H3,(H,18,19). The highest BCUT2D eigenvalue weighted by Gasteiger charge is 2.26. The van der Waals surface area contributed by atoms with Crippen molar-refractivity contribution in [1.29, 1.82) is 0 Å². The minimum absolute atomic E-state index is 0.351. The van der Waals surface area contributed by atoms with Crippen molar-refractivity contribution < 1.29 is 14.7 Å². The van der Waals surface area contributed by atoms with Gasteiger partial charge in [0.05, 0.1) is 10.4 Å². The molecular weight excluding hydrogens is 278 g/mol. The number of aliphatic carboxylic acids is 1. The van der Waals surface area contributed by atoms with E-state index in [2.05, 4.69) is 5.10 Å². The van der Waals surface area contributed by atoms with Gasteiger partial charge in [0.25, 0.3) is 5.91 Å². The monoisotopic (exact) mass is 293 g/mol. The van der Waals surface area contributed by atoms with Gasteiger partial charge in [-0.1, -0.05) is 6.07 Å². The molecule has 0 aliphatic rings. The smallest absolute Gasteiger partial charge is 0.326 e. The van der Waals surface area contributed by atoms with Crippen molar-refractivity contribution in [2.75, 3.05) is 7.05 Å². The molecule has 0 spiro atoms. The van der Waals surface area contributed by atoms with Gasteiger partial charge in [0.15, 0.2) is 0 Å². The highest BCUT2D eigenvalue weighted by Crippen LogP contribution is 2.27. The van der Waals surface area contributed by atoms with Crippen molar-refractivity contribution in [2.45, 2.75) is 13.0 Å². The second kappa shape index (κ2) is 5.46. The Morgan fingerprint density at radius 2 is 2.20 bits per heavy atom. The molecule has 1 N–H and O–H groups in total. The molecule has 20 heavy (non-hydrogen) atoms. The van der Waals surface area contributed by atoms with Gasteiger partial charge >= 0.3 is 5.97 Å². The maximum Gasteiger partial charge on any atom is 0.326 e. The Kier molecular flexibility index (Phi) is 3.89. The van der Waals surface area contributed by atoms with E-state index >= 15 is 0 Å². The zero-order valence-corrected chi connectivity index (χ0v) is 12.2. The number of amides is 1. The minimum Gasteiger partial charge on any atom is -0.480 e. The summed E-state index contributed by atoms with van der Waals surface area (Å²) < 4.78 is 1.56. The van der Waals surface area contributed by atoms with E-state index in [0.29, 0.717) is 11.3 Å². The average Bonchev–Trinajstić information content (AvgIpc) is 3.04. The second-order valence-corrected chi connectivity index (χ2v) is 5.42. The second-order valence-electron chi connectivity index (χ2n) is 4.47. The number of thiophene rings is 1. The van der Waals surface area contributed by atoms with Crippen LogP contribution in [0.15, 0.2) is 23.7 Å². The van der Waals surface area contributed by atoms with Crippen molar-refractivity contribution in [3.05, 3.63) is 29.3 Å². The number of hydrogen-bond acceptors (Lipinski definition) is 4. The zero-order chi connectivity index (χ0) is 14.9. The molecule has 1 unspecified atom stereocenters. The van der Waals surface area contributed by atoms with E-state index in [-0.39, 0.29) is 5.91 Å². The predicted molar refractivity (Wildman–Crippen MR) is 75.7 cm³/mol. The maximum atomic E-state index is 12.4. The van der Waals surface area contributed by atoms with Crippen LogP contribution in [0.4, 0.5) is 0 Å². The molecule has 6 nitrogen and oxygen atoms in total. The van der Waals surface area contributed by atoms with Crippen LogP contribution in [-0.2, 0) is 11.8 Å². The van der Waals surface area contributed by atoms with Gasteiger partial charge in [0.1, 0.15) is 11.7 Å². The maximum absolute atomic E-state index is 12.4. The quantitative estimate of drug-likeness (QED) is 0.931. The lowest BCUT2D eigenvalue weighted by molar-refractivity contribution is -0.141. The average molecular weight is 293 g/mol. The molecule has 0 saturated carbocycles. The largest absolute Gasteiger partial charge is 0.480 e. The summed E-state index contributed by atoms with van der Waals surface area (Å²) in [7, 11) is 3.21. The molecule has 0 aliphatic carbocycles. The van der Waals surface area contributed by atoms with Crippen LogP contribution in [0, 0.1) is 0 Å². The summed E-state index contributed by atoms with van der Waals surface area (Å²) in [5.74, 6) is -1.39. The van der Waals surface area contributed by atoms with Gasteiger partial charge in [-0.05, 0) is 18.4 Å². The van der Waals surface area contributed by atoms with Gasteiger partial charge in [0, 0.05) is 20.3 Å². The van der Waals surface area contributed by atoms with E-state index in [9.17, 15) is 9.59 Å². The van der Waals surface area contributed by atoms with Crippen molar-refractivity contribution >= 4 is 23.2 Å². The summed E-state index contributed by atoms with van der Waals surface area (Å²) in [4.78, 5) is 25.5. The first kappa shape index (κ1) is 14.3. The Morgan fingerprint density at radius 1 is 1.50 bits per heavy atom. The van der Waals surface area contributed by atoms with E-state index in [4.69, 9.17) is 5.11 Å². The molecule has 0 bridgehead atoms. The Hall–Kier alpha value is -2.15. The summed E-state index contributed by atoms with van der Waals surface area (Å²) in [5, 5.41) is 15.2. The molecule has 2 aromatic heterocycles. The van der Waals surface area contributed by atoms with Crippen LogP contribution in [0.1, 0.15) is 17.3 Å². The molecule has 0 fully saturated rings. The van der Waals surface area contributed by atoms with E-state index in [1.165, 1.54) is 30.2 Å². The summed E-state index contributed by atoms with van der Waals surface area (Å²) in [6.45, 7) is 1.47. The van der Waals surface area contributed by atoms with E-state index < -0.39 is 12.0 Å². The normalized spacial score (nSPS) is 12.2. The fraction of sp³-hybridized carbons (Fsp3) is 0.308. The number of carboxylic acid groups (broad SMARTS) is 1. The van der Waals surface area contributed by atoms with E-state index in [0.717, 1.165) is 4.88 Å². The van der Waals surface area contributed by atoms with Crippen LogP contribution < -0.4 is 0 Å². The first-order chi connectivity index (χ1) is 9.41. The van der Waals surface area contributed by atoms with Gasteiger partial charge in [-0.25, -0.2) is 4.79 Å². The molecule has 0 aliphatic heterocycles. The number of nitrogens with zero attached hydrogens (tertiary/aromatic N) is 3. The third-order valence-corrected chi connectivity index (χ3v) is 3.95. The van der Waals surface area contributed by atoms with Gasteiger partial charge in [0.2, 0.25) is 0 Å². The first-order valence-corrected chi connectivity index (χ1v) is 6.87. The van der Waals surface area contributed by atoms with Crippen LogP contribution >= 0.6 is 11.3 Å². The first-order valence-electron chi connectivity index (χ1n) is 5.99. The molecule has 7 heteroatoms. The number of likely N-dealkylation sites (N-methyl/N-ethyl adjacent to an activating group) is 1. The Balaban J connectivity index is 2.38. The molecule has 2 heterocycles. The Morgan fingerprint density at radius 3 is 2.75 bits per heavy atom. The Bertz CT molecular complexity index is 633. The molecule has 106 valence electrons. The predicted octanol–water partition coefficient (Wildman–Crippen LogP) is 1.69. The lowest BCUT2D eigenvalue weighted by Gasteiger charge is -2.21. The minimum atomic E-state index is -1.04. The fourth-order valence-electron chi connectivity index (χ4n) is 1.77. The lowest BCUT2D eigenvalue weighted by Crippen LogP contribution is -2.40. The molecule has 1 atom stereocenters. The van der Waals surface area contributed by atoms with Crippen LogP contribution in [0.2, 0.25) is 0 Å². The molecule has 1 amide bonds. The number of aromatic nitrogens is 2. The highest BCUT2D eigenvalue weighted by atomic mass is 32.1. The number of aryl methyl sites for hydroxylation is 1. The number of carboxylic acids is 1. The number of hydrogen-bond donors (Lipinski definition) is 1. The molecule has 2 rings (SSSR count). The summed E-state index contributed by atoms with van der Waals surface area (Å²) in [5.41, 5.74) is 0.988. The summed E-state index contributed by atoms with van der Waals surface area (Å²) in [6.07, 6.45) is 1.61. The van der Waals surface area contributed by atoms with Crippen LogP contribution in [0.25, 0.3) is 10.6 Å². The zero-order valence-electron chi connectivity index (χ0n) is 11.4. The molecule has 2 aromatic rings. The van der Waals surface area contributed by atoms with Crippen molar-refractivity contribution in [2.24, 2.45) is 7.05 Å². The van der Waals surface area contributed by atoms with Crippen molar-refractivity contribution in [3.8, 4) is 10.6 Å². The third kappa shape index (κ3) is 2.57. The van der Waals surface area contributed by atoms with Crippen LogP contribution in [0.5, 0.6) is 0 Å². The number of carbonyl (C=O) groups excluding carboxylic acids is 1.